The summed E-state index contributed by atoms with van der Waals surface area (Å²) in [6.07, 6.45) is 1.87. The molecule has 1 aromatic heterocycles. The number of nitrogens with two attached hydrogens (primary N) is 1. The molecule has 0 unspecified atom stereocenters. The Labute approximate surface area is 97.0 Å². The summed E-state index contributed by atoms with van der Waals surface area (Å²) in [6.45, 7) is 0.261. The number of nitrogen functional groups attached to an aromatic ring is 1. The number of thioether (sulfide) groups is 1. The normalized spacial score (nSPS) is 10.3. The number of anilines is 1. The molecule has 1 aromatic carbocycles. The van der Waals surface area contributed by atoms with E-state index in [4.69, 9.17) is 14.9 Å². The fraction of sp³-hybridized carbons (Fsp3) is 0.200. The molecule has 0 aliphatic heterocycles. The molecule has 1 heterocycles. The Morgan fingerprint density at radius 2 is 2.06 bits per heavy atom. The topological polar surface area (TPSA) is 74.2 Å². The van der Waals surface area contributed by atoms with Crippen LogP contribution in [0.2, 0.25) is 0 Å². The molecule has 0 saturated heterocycles. The SMILES string of the molecule is CSc1nnc(COc2ccc(N)cc2)o1. The van der Waals surface area contributed by atoms with Crippen LogP contribution in [-0.4, -0.2) is 16.5 Å². The maximum atomic E-state index is 5.56. The van der Waals surface area contributed by atoms with Gasteiger partial charge in [0.2, 0.25) is 0 Å². The first-order chi connectivity index (χ1) is 7.78. The predicted molar refractivity (Wildman–Crippen MR) is 61.3 cm³/mol. The Balaban J connectivity index is 1.94. The highest BCUT2D eigenvalue weighted by Crippen LogP contribution is 2.16. The van der Waals surface area contributed by atoms with Crippen molar-refractivity contribution in [2.75, 3.05) is 12.0 Å². The lowest BCUT2D eigenvalue weighted by Crippen LogP contribution is -1.95. The van der Waals surface area contributed by atoms with Crippen molar-refractivity contribution in [1.82, 2.24) is 10.2 Å². The number of ether oxygens (including phenoxy) is 1. The summed E-state index contributed by atoms with van der Waals surface area (Å²) in [6, 6.07) is 7.13. The van der Waals surface area contributed by atoms with Gasteiger partial charge in [0.05, 0.1) is 0 Å². The second-order valence-corrected chi connectivity index (χ2v) is 3.78. The molecule has 0 amide bonds. The predicted octanol–water partition coefficient (Wildman–Crippen LogP) is 1.95. The second kappa shape index (κ2) is 4.89. The van der Waals surface area contributed by atoms with Crippen molar-refractivity contribution < 1.29 is 9.15 Å². The zero-order chi connectivity index (χ0) is 11.4. The van der Waals surface area contributed by atoms with Gasteiger partial charge in [0.25, 0.3) is 11.1 Å². The van der Waals surface area contributed by atoms with Gasteiger partial charge in [-0.1, -0.05) is 11.8 Å². The lowest BCUT2D eigenvalue weighted by atomic mass is 10.3. The van der Waals surface area contributed by atoms with E-state index < -0.39 is 0 Å². The lowest BCUT2D eigenvalue weighted by molar-refractivity contribution is 0.252. The van der Waals surface area contributed by atoms with E-state index in [1.165, 1.54) is 11.8 Å². The van der Waals surface area contributed by atoms with Crippen LogP contribution in [0.25, 0.3) is 0 Å². The van der Waals surface area contributed by atoms with E-state index in [1.807, 2.05) is 6.26 Å². The summed E-state index contributed by atoms with van der Waals surface area (Å²) < 4.78 is 10.7. The number of nitrogens with zero attached hydrogens (tertiary/aromatic N) is 2. The molecule has 0 aliphatic rings. The minimum Gasteiger partial charge on any atom is -0.484 e. The van der Waals surface area contributed by atoms with Crippen molar-refractivity contribution in [3.63, 3.8) is 0 Å². The molecule has 84 valence electrons. The van der Waals surface area contributed by atoms with Crippen LogP contribution >= 0.6 is 11.8 Å². The maximum absolute atomic E-state index is 5.56. The molecule has 0 aliphatic carbocycles. The molecular formula is C10H11N3O2S. The standard InChI is InChI=1S/C10H11N3O2S/c1-16-10-13-12-9(15-10)6-14-8-4-2-7(11)3-5-8/h2-5H,6,11H2,1H3. The zero-order valence-electron chi connectivity index (χ0n) is 8.71. The van der Waals surface area contributed by atoms with Crippen molar-refractivity contribution in [2.45, 2.75) is 11.8 Å². The van der Waals surface area contributed by atoms with Crippen molar-refractivity contribution >= 4 is 17.4 Å². The van der Waals surface area contributed by atoms with E-state index in [1.54, 1.807) is 24.3 Å². The van der Waals surface area contributed by atoms with Gasteiger partial charge >= 0.3 is 0 Å². The Bertz CT molecular complexity index is 455. The minimum atomic E-state index is 0.261. The average Bonchev–Trinajstić information content (AvgIpc) is 2.76. The number of benzene rings is 1. The fourth-order valence-corrected chi connectivity index (χ4v) is 1.39. The van der Waals surface area contributed by atoms with Crippen LogP contribution < -0.4 is 10.5 Å². The fourth-order valence-electron chi connectivity index (χ4n) is 1.09. The van der Waals surface area contributed by atoms with Gasteiger partial charge < -0.3 is 14.9 Å². The van der Waals surface area contributed by atoms with Crippen molar-refractivity contribution in [3.8, 4) is 5.75 Å². The summed E-state index contributed by atoms with van der Waals surface area (Å²) in [5.41, 5.74) is 6.26. The van der Waals surface area contributed by atoms with Gasteiger partial charge in [-0.2, -0.15) is 0 Å². The molecular weight excluding hydrogens is 226 g/mol. The molecule has 6 heteroatoms. The summed E-state index contributed by atoms with van der Waals surface area (Å²) in [7, 11) is 0. The Kier molecular flexibility index (Phi) is 3.31. The van der Waals surface area contributed by atoms with Crippen molar-refractivity contribution in [2.24, 2.45) is 0 Å². The first-order valence-electron chi connectivity index (χ1n) is 4.62. The van der Waals surface area contributed by atoms with Gasteiger partial charge in [-0.15, -0.1) is 10.2 Å². The lowest BCUT2D eigenvalue weighted by Gasteiger charge is -2.02. The quantitative estimate of drug-likeness (QED) is 0.647. The smallest absolute Gasteiger partial charge is 0.276 e. The molecule has 0 saturated carbocycles. The number of aromatic nitrogens is 2. The summed E-state index contributed by atoms with van der Waals surface area (Å²) in [5, 5.41) is 8.18. The van der Waals surface area contributed by atoms with Crippen LogP contribution in [0.4, 0.5) is 5.69 Å². The molecule has 0 fully saturated rings. The van der Waals surface area contributed by atoms with Crippen molar-refractivity contribution in [3.05, 3.63) is 30.2 Å². The van der Waals surface area contributed by atoms with E-state index in [0.717, 1.165) is 5.75 Å². The minimum absolute atomic E-state index is 0.261. The van der Waals surface area contributed by atoms with Gasteiger partial charge in [-0.25, -0.2) is 0 Å². The highest BCUT2D eigenvalue weighted by molar-refractivity contribution is 7.98. The molecule has 16 heavy (non-hydrogen) atoms. The van der Waals surface area contributed by atoms with E-state index in [-0.39, 0.29) is 6.61 Å². The number of hydrogen-bond donors (Lipinski definition) is 1. The average molecular weight is 237 g/mol. The monoisotopic (exact) mass is 237 g/mol. The molecule has 0 radical (unpaired) electrons. The van der Waals surface area contributed by atoms with Crippen LogP contribution in [-0.2, 0) is 6.61 Å². The second-order valence-electron chi connectivity index (χ2n) is 3.02. The first kappa shape index (κ1) is 10.8. The van der Waals surface area contributed by atoms with E-state index in [2.05, 4.69) is 10.2 Å². The summed E-state index contributed by atoms with van der Waals surface area (Å²) >= 11 is 1.40. The third-order valence-electron chi connectivity index (χ3n) is 1.87. The molecule has 5 nitrogen and oxygen atoms in total. The van der Waals surface area contributed by atoms with Crippen LogP contribution in [0.5, 0.6) is 5.75 Å². The molecule has 0 bridgehead atoms. The number of rotatable bonds is 4. The Morgan fingerprint density at radius 1 is 1.31 bits per heavy atom. The van der Waals surface area contributed by atoms with Crippen LogP contribution in [0.15, 0.2) is 33.9 Å². The molecule has 0 spiro atoms. The summed E-state index contributed by atoms with van der Waals surface area (Å²) in [4.78, 5) is 0. The van der Waals surface area contributed by atoms with Gasteiger partial charge in [0.1, 0.15) is 5.75 Å². The first-order valence-corrected chi connectivity index (χ1v) is 5.85. The Hall–Kier alpha value is -1.69. The van der Waals surface area contributed by atoms with Crippen LogP contribution in [0.3, 0.4) is 0 Å². The van der Waals surface area contributed by atoms with E-state index in [9.17, 15) is 0 Å². The van der Waals surface area contributed by atoms with E-state index >= 15 is 0 Å². The van der Waals surface area contributed by atoms with Crippen LogP contribution in [0, 0.1) is 0 Å². The van der Waals surface area contributed by atoms with E-state index in [0.29, 0.717) is 16.8 Å². The van der Waals surface area contributed by atoms with Gasteiger partial charge in [0.15, 0.2) is 6.61 Å². The molecule has 2 N–H and O–H groups in total. The number of hydrogen-bond acceptors (Lipinski definition) is 6. The van der Waals surface area contributed by atoms with Gasteiger partial charge in [0, 0.05) is 5.69 Å². The maximum Gasteiger partial charge on any atom is 0.276 e. The molecule has 2 rings (SSSR count). The third-order valence-corrected chi connectivity index (χ3v) is 2.38. The molecule has 2 aromatic rings. The zero-order valence-corrected chi connectivity index (χ0v) is 9.53. The van der Waals surface area contributed by atoms with Crippen molar-refractivity contribution in [1.29, 1.82) is 0 Å². The highest BCUT2D eigenvalue weighted by atomic mass is 32.2. The largest absolute Gasteiger partial charge is 0.484 e. The Morgan fingerprint density at radius 3 is 2.69 bits per heavy atom. The highest BCUT2D eigenvalue weighted by Gasteiger charge is 2.05. The van der Waals surface area contributed by atoms with Gasteiger partial charge in [-0.3, -0.25) is 0 Å². The summed E-state index contributed by atoms with van der Waals surface area (Å²) in [5.74, 6) is 1.18. The third kappa shape index (κ3) is 2.66. The molecule has 0 atom stereocenters. The van der Waals surface area contributed by atoms with Crippen LogP contribution in [0.1, 0.15) is 5.89 Å². The van der Waals surface area contributed by atoms with Gasteiger partial charge in [-0.05, 0) is 30.5 Å².